The van der Waals surface area contributed by atoms with Crippen LogP contribution in [0.15, 0.2) is 54.6 Å². The Balaban J connectivity index is 2.12. The summed E-state index contributed by atoms with van der Waals surface area (Å²) in [6, 6.07) is 16.9. The molecule has 1 N–H and O–H groups in total. The largest absolute Gasteiger partial charge is 0.484 e. The highest BCUT2D eigenvalue weighted by Gasteiger charge is 2.28. The van der Waals surface area contributed by atoms with Crippen molar-refractivity contribution in [1.82, 2.24) is 10.2 Å². The first-order chi connectivity index (χ1) is 13.8. The van der Waals surface area contributed by atoms with Gasteiger partial charge in [0.05, 0.1) is 0 Å². The first kappa shape index (κ1) is 22.5. The van der Waals surface area contributed by atoms with Gasteiger partial charge in [-0.1, -0.05) is 70.2 Å². The zero-order valence-corrected chi connectivity index (χ0v) is 18.1. The van der Waals surface area contributed by atoms with Gasteiger partial charge < -0.3 is 15.0 Å². The summed E-state index contributed by atoms with van der Waals surface area (Å²) in [5, 5.41) is 2.66. The fraction of sp³-hybridized carbons (Fsp3) is 0.417. The summed E-state index contributed by atoms with van der Waals surface area (Å²) in [6.07, 6.45) is 0.526. The average molecular weight is 397 g/mol. The summed E-state index contributed by atoms with van der Waals surface area (Å²) in [6.45, 7) is 8.59. The van der Waals surface area contributed by atoms with Crippen molar-refractivity contribution in [3.8, 4) is 5.75 Å². The van der Waals surface area contributed by atoms with Gasteiger partial charge in [-0.15, -0.1) is 0 Å². The first-order valence-corrected chi connectivity index (χ1v) is 10.0. The molecule has 0 saturated heterocycles. The Morgan fingerprint density at radius 2 is 1.66 bits per heavy atom. The van der Waals surface area contributed by atoms with Crippen LogP contribution in [-0.2, 0) is 21.5 Å². The van der Waals surface area contributed by atoms with Crippen LogP contribution >= 0.6 is 0 Å². The Kier molecular flexibility index (Phi) is 7.82. The molecule has 2 rings (SSSR count). The lowest BCUT2D eigenvalue weighted by Crippen LogP contribution is -2.49. The predicted molar refractivity (Wildman–Crippen MR) is 116 cm³/mol. The van der Waals surface area contributed by atoms with Crippen LogP contribution in [0, 0.1) is 0 Å². The van der Waals surface area contributed by atoms with Gasteiger partial charge in [0.2, 0.25) is 5.91 Å². The highest BCUT2D eigenvalue weighted by atomic mass is 16.5. The molecule has 2 aromatic carbocycles. The molecule has 29 heavy (non-hydrogen) atoms. The van der Waals surface area contributed by atoms with Crippen molar-refractivity contribution in [3.05, 3.63) is 65.7 Å². The van der Waals surface area contributed by atoms with E-state index in [0.717, 1.165) is 5.56 Å². The van der Waals surface area contributed by atoms with Crippen molar-refractivity contribution in [2.45, 2.75) is 52.1 Å². The highest BCUT2D eigenvalue weighted by molar-refractivity contribution is 5.88. The molecular formula is C24H32N2O3. The average Bonchev–Trinajstić information content (AvgIpc) is 2.72. The number of nitrogens with zero attached hydrogens (tertiary/aromatic N) is 1. The maximum absolute atomic E-state index is 13.0. The van der Waals surface area contributed by atoms with Crippen LogP contribution in [0.3, 0.4) is 0 Å². The summed E-state index contributed by atoms with van der Waals surface area (Å²) in [7, 11) is 1.59. The van der Waals surface area contributed by atoms with Crippen LogP contribution in [0.1, 0.15) is 45.2 Å². The molecule has 2 aromatic rings. The van der Waals surface area contributed by atoms with E-state index < -0.39 is 6.04 Å². The lowest BCUT2D eigenvalue weighted by Gasteiger charge is -2.30. The van der Waals surface area contributed by atoms with Gasteiger partial charge in [0.25, 0.3) is 5.91 Å². The van der Waals surface area contributed by atoms with Gasteiger partial charge in [-0.2, -0.15) is 0 Å². The number of hydrogen-bond acceptors (Lipinski definition) is 3. The summed E-state index contributed by atoms with van der Waals surface area (Å²) in [5.74, 6) is 0.245. The zero-order chi connectivity index (χ0) is 21.4. The van der Waals surface area contributed by atoms with E-state index in [2.05, 4.69) is 26.1 Å². The number of ether oxygens (including phenoxy) is 1. The molecule has 0 heterocycles. The van der Waals surface area contributed by atoms with Gasteiger partial charge in [0.1, 0.15) is 11.8 Å². The quantitative estimate of drug-likeness (QED) is 0.736. The molecule has 0 aliphatic heterocycles. The van der Waals surface area contributed by atoms with Crippen LogP contribution < -0.4 is 10.1 Å². The van der Waals surface area contributed by atoms with E-state index in [-0.39, 0.29) is 23.8 Å². The molecule has 0 radical (unpaired) electrons. The number of amides is 2. The molecule has 5 heteroatoms. The van der Waals surface area contributed by atoms with E-state index in [4.69, 9.17) is 4.74 Å². The topological polar surface area (TPSA) is 58.6 Å². The van der Waals surface area contributed by atoms with Crippen LogP contribution in [0.25, 0.3) is 0 Å². The maximum Gasteiger partial charge on any atom is 0.261 e. The fourth-order valence-corrected chi connectivity index (χ4v) is 3.15. The van der Waals surface area contributed by atoms with Crippen LogP contribution in [0.5, 0.6) is 5.75 Å². The van der Waals surface area contributed by atoms with Gasteiger partial charge in [-0.05, 0) is 35.1 Å². The van der Waals surface area contributed by atoms with Crippen LogP contribution in [0.2, 0.25) is 0 Å². The van der Waals surface area contributed by atoms with Crippen molar-refractivity contribution < 1.29 is 14.3 Å². The maximum atomic E-state index is 13.0. The Labute approximate surface area is 174 Å². The Hall–Kier alpha value is -2.82. The second kappa shape index (κ2) is 10.1. The second-order valence-corrected chi connectivity index (χ2v) is 8.11. The molecule has 2 amide bonds. The number of nitrogens with one attached hydrogen (secondary N) is 1. The van der Waals surface area contributed by atoms with E-state index in [0.29, 0.717) is 18.7 Å². The van der Waals surface area contributed by atoms with E-state index >= 15 is 0 Å². The molecule has 0 aromatic heterocycles. The molecule has 0 bridgehead atoms. The number of rotatable bonds is 8. The van der Waals surface area contributed by atoms with E-state index in [1.165, 1.54) is 5.56 Å². The van der Waals surface area contributed by atoms with Gasteiger partial charge in [0.15, 0.2) is 6.61 Å². The van der Waals surface area contributed by atoms with Crippen molar-refractivity contribution in [2.24, 2.45) is 0 Å². The predicted octanol–water partition coefficient (Wildman–Crippen LogP) is 3.92. The van der Waals surface area contributed by atoms with Crippen LogP contribution in [0.4, 0.5) is 0 Å². The van der Waals surface area contributed by atoms with Gasteiger partial charge in [-0.3, -0.25) is 9.59 Å². The smallest absolute Gasteiger partial charge is 0.261 e. The van der Waals surface area contributed by atoms with Gasteiger partial charge in [-0.25, -0.2) is 0 Å². The normalized spacial score (nSPS) is 12.2. The Morgan fingerprint density at radius 1 is 1.03 bits per heavy atom. The molecule has 0 aliphatic carbocycles. The number of carbonyl (C=O) groups excluding carboxylic acids is 2. The minimum Gasteiger partial charge on any atom is -0.484 e. The van der Waals surface area contributed by atoms with Gasteiger partial charge >= 0.3 is 0 Å². The van der Waals surface area contributed by atoms with Crippen molar-refractivity contribution >= 4 is 11.8 Å². The third-order valence-electron chi connectivity index (χ3n) is 4.91. The fourth-order valence-electron chi connectivity index (χ4n) is 3.15. The molecule has 0 saturated carbocycles. The van der Waals surface area contributed by atoms with Crippen molar-refractivity contribution in [3.63, 3.8) is 0 Å². The zero-order valence-electron chi connectivity index (χ0n) is 18.1. The number of hydrogen-bond donors (Lipinski definition) is 1. The number of likely N-dealkylation sites (N-methyl/N-ethyl adjacent to an activating group) is 1. The van der Waals surface area contributed by atoms with E-state index in [9.17, 15) is 9.59 Å². The lowest BCUT2D eigenvalue weighted by atomic mass is 9.87. The lowest BCUT2D eigenvalue weighted by molar-refractivity contribution is -0.142. The summed E-state index contributed by atoms with van der Waals surface area (Å²) >= 11 is 0. The number of carbonyl (C=O) groups is 2. The van der Waals surface area contributed by atoms with Crippen molar-refractivity contribution in [1.29, 1.82) is 0 Å². The molecule has 1 atom stereocenters. The first-order valence-electron chi connectivity index (χ1n) is 10.0. The molecular weight excluding hydrogens is 364 g/mol. The SMILES string of the molecule is CC[C@H](C(=O)NC)N(Cc1ccccc1)C(=O)COc1ccc(C(C)(C)C)cc1. The van der Waals surface area contributed by atoms with E-state index in [1.54, 1.807) is 11.9 Å². The molecule has 0 unspecified atom stereocenters. The highest BCUT2D eigenvalue weighted by Crippen LogP contribution is 2.24. The summed E-state index contributed by atoms with van der Waals surface area (Å²) < 4.78 is 5.74. The molecule has 0 aliphatic rings. The molecule has 5 nitrogen and oxygen atoms in total. The van der Waals surface area contributed by atoms with Gasteiger partial charge in [0, 0.05) is 13.6 Å². The summed E-state index contributed by atoms with van der Waals surface area (Å²) in [4.78, 5) is 26.9. The monoisotopic (exact) mass is 396 g/mol. The summed E-state index contributed by atoms with van der Waals surface area (Å²) in [5.41, 5.74) is 2.23. The van der Waals surface area contributed by atoms with Crippen LogP contribution in [-0.4, -0.2) is 36.4 Å². The van der Waals surface area contributed by atoms with E-state index in [1.807, 2.05) is 61.5 Å². The minimum atomic E-state index is -0.542. The molecule has 156 valence electrons. The number of benzene rings is 2. The third-order valence-corrected chi connectivity index (χ3v) is 4.91. The second-order valence-electron chi connectivity index (χ2n) is 8.11. The Bertz CT molecular complexity index is 795. The minimum absolute atomic E-state index is 0.0582. The molecule has 0 spiro atoms. The third kappa shape index (κ3) is 6.34. The molecule has 0 fully saturated rings. The standard InChI is InChI=1S/C24H32N2O3/c1-6-21(23(28)25-5)26(16-18-10-8-7-9-11-18)22(27)17-29-20-14-12-19(13-15-20)24(2,3)4/h7-15,21H,6,16-17H2,1-5H3,(H,25,28)/t21-/m1/s1. The van der Waals surface area contributed by atoms with Crippen molar-refractivity contribution in [2.75, 3.05) is 13.7 Å². The Morgan fingerprint density at radius 3 is 2.17 bits per heavy atom.